The van der Waals surface area contributed by atoms with Crippen molar-refractivity contribution in [2.45, 2.75) is 38.6 Å². The minimum absolute atomic E-state index is 0.0219. The van der Waals surface area contributed by atoms with E-state index < -0.39 is 0 Å². The van der Waals surface area contributed by atoms with E-state index in [1.54, 1.807) is 0 Å². The van der Waals surface area contributed by atoms with E-state index in [4.69, 9.17) is 0 Å². The number of nitrogens with zero attached hydrogens (tertiary/aromatic N) is 1. The Balaban J connectivity index is 1.68. The fraction of sp³-hybridized carbons (Fsp3) is 0.556. The van der Waals surface area contributed by atoms with Gasteiger partial charge in [0.05, 0.1) is 0 Å². The van der Waals surface area contributed by atoms with Crippen LogP contribution >= 0.6 is 0 Å². The number of likely N-dealkylation sites (tertiary alicyclic amines) is 1. The van der Waals surface area contributed by atoms with Crippen molar-refractivity contribution in [2.24, 2.45) is 0 Å². The van der Waals surface area contributed by atoms with E-state index >= 15 is 0 Å². The molecule has 1 aromatic rings. The molecule has 0 bridgehead atoms. The Morgan fingerprint density at radius 3 is 2.78 bits per heavy atom. The van der Waals surface area contributed by atoms with Gasteiger partial charge in [0.15, 0.2) is 0 Å². The Bertz CT molecular complexity index is 504. The Morgan fingerprint density at radius 1 is 1.26 bits per heavy atom. The molecule has 0 radical (unpaired) electrons. The maximum absolute atomic E-state index is 11.9. The number of carbonyl (C=O) groups is 2. The first kappa shape index (κ1) is 17.5. The zero-order valence-electron chi connectivity index (χ0n) is 13.9. The van der Waals surface area contributed by atoms with Crippen LogP contribution in [0.2, 0.25) is 0 Å². The van der Waals surface area contributed by atoms with Gasteiger partial charge in [-0.25, -0.2) is 0 Å². The molecule has 1 aromatic carbocycles. The molecule has 0 saturated carbocycles. The summed E-state index contributed by atoms with van der Waals surface area (Å²) in [6.07, 6.45) is 3.54. The van der Waals surface area contributed by atoms with Gasteiger partial charge in [-0.3, -0.25) is 9.59 Å². The lowest BCUT2D eigenvalue weighted by atomic mass is 10.0. The van der Waals surface area contributed by atoms with Crippen molar-refractivity contribution in [3.8, 4) is 0 Å². The molecule has 1 saturated heterocycles. The van der Waals surface area contributed by atoms with Crippen molar-refractivity contribution in [2.75, 3.05) is 26.2 Å². The second-order valence-electron chi connectivity index (χ2n) is 6.18. The van der Waals surface area contributed by atoms with Crippen LogP contribution in [0.1, 0.15) is 31.7 Å². The number of amides is 2. The van der Waals surface area contributed by atoms with Crippen LogP contribution < -0.4 is 10.6 Å². The summed E-state index contributed by atoms with van der Waals surface area (Å²) in [5.74, 6) is -0.0730. The monoisotopic (exact) mass is 317 g/mol. The molecule has 0 aromatic heterocycles. The molecule has 2 N–H and O–H groups in total. The maximum atomic E-state index is 11.9. The zero-order chi connectivity index (χ0) is 16.5. The van der Waals surface area contributed by atoms with Gasteiger partial charge in [-0.1, -0.05) is 30.3 Å². The smallest absolute Gasteiger partial charge is 0.222 e. The summed E-state index contributed by atoms with van der Waals surface area (Å²) >= 11 is 0. The topological polar surface area (TPSA) is 61.4 Å². The van der Waals surface area contributed by atoms with E-state index in [2.05, 4.69) is 39.8 Å². The second kappa shape index (κ2) is 9.30. The first-order chi connectivity index (χ1) is 11.1. The van der Waals surface area contributed by atoms with Gasteiger partial charge in [-0.2, -0.15) is 0 Å². The predicted octanol–water partition coefficient (Wildman–Crippen LogP) is 1.34. The number of carbonyl (C=O) groups excluding carboxylic acids is 2. The third kappa shape index (κ3) is 6.82. The number of piperidine rings is 1. The minimum Gasteiger partial charge on any atom is -0.356 e. The van der Waals surface area contributed by atoms with Gasteiger partial charge < -0.3 is 15.5 Å². The molecule has 0 aliphatic carbocycles. The number of hydrogen-bond donors (Lipinski definition) is 2. The standard InChI is InChI=1S/C18H27N3O2/c1-15(22)19-11-9-18(23)20-17-8-5-12-21(14-17)13-10-16-6-3-2-4-7-16/h2-4,6-7,17H,5,8-14H2,1H3,(H,19,22)(H,20,23)/t17-/m1/s1. The van der Waals surface area contributed by atoms with E-state index in [1.165, 1.54) is 12.5 Å². The molecule has 5 nitrogen and oxygen atoms in total. The molecule has 1 heterocycles. The number of rotatable bonds is 7. The highest BCUT2D eigenvalue weighted by atomic mass is 16.2. The van der Waals surface area contributed by atoms with Crippen LogP contribution in [-0.4, -0.2) is 48.9 Å². The molecular weight excluding hydrogens is 290 g/mol. The van der Waals surface area contributed by atoms with Crippen LogP contribution in [0.25, 0.3) is 0 Å². The highest BCUT2D eigenvalue weighted by molar-refractivity contribution is 5.78. The minimum atomic E-state index is -0.0949. The van der Waals surface area contributed by atoms with Gasteiger partial charge in [-0.15, -0.1) is 0 Å². The van der Waals surface area contributed by atoms with Crippen LogP contribution in [0.15, 0.2) is 30.3 Å². The van der Waals surface area contributed by atoms with Gasteiger partial charge in [0.1, 0.15) is 0 Å². The van der Waals surface area contributed by atoms with E-state index in [9.17, 15) is 9.59 Å². The highest BCUT2D eigenvalue weighted by Gasteiger charge is 2.20. The van der Waals surface area contributed by atoms with Crippen LogP contribution in [0, 0.1) is 0 Å². The van der Waals surface area contributed by atoms with Crippen molar-refractivity contribution in [3.05, 3.63) is 35.9 Å². The van der Waals surface area contributed by atoms with Gasteiger partial charge >= 0.3 is 0 Å². The summed E-state index contributed by atoms with van der Waals surface area (Å²) in [5.41, 5.74) is 1.36. The van der Waals surface area contributed by atoms with E-state index in [0.29, 0.717) is 13.0 Å². The normalized spacial score (nSPS) is 18.4. The fourth-order valence-electron chi connectivity index (χ4n) is 2.96. The van der Waals surface area contributed by atoms with Gasteiger partial charge in [0.2, 0.25) is 11.8 Å². The number of hydrogen-bond acceptors (Lipinski definition) is 3. The summed E-state index contributed by atoms with van der Waals surface area (Å²) in [6, 6.07) is 10.7. The summed E-state index contributed by atoms with van der Waals surface area (Å²) in [7, 11) is 0. The molecule has 2 amide bonds. The fourth-order valence-corrected chi connectivity index (χ4v) is 2.96. The van der Waals surface area contributed by atoms with Crippen molar-refractivity contribution in [1.82, 2.24) is 15.5 Å². The highest BCUT2D eigenvalue weighted by Crippen LogP contribution is 2.11. The molecule has 5 heteroatoms. The van der Waals surface area contributed by atoms with E-state index in [-0.39, 0.29) is 17.9 Å². The van der Waals surface area contributed by atoms with Gasteiger partial charge in [0, 0.05) is 39.0 Å². The average molecular weight is 317 g/mol. The maximum Gasteiger partial charge on any atom is 0.222 e. The third-order valence-electron chi connectivity index (χ3n) is 4.16. The average Bonchev–Trinajstić information content (AvgIpc) is 2.54. The lowest BCUT2D eigenvalue weighted by Crippen LogP contribution is -2.48. The third-order valence-corrected chi connectivity index (χ3v) is 4.16. The molecule has 23 heavy (non-hydrogen) atoms. The number of nitrogens with one attached hydrogen (secondary N) is 2. The van der Waals surface area contributed by atoms with E-state index in [1.807, 2.05) is 6.07 Å². The first-order valence-corrected chi connectivity index (χ1v) is 8.43. The Kier molecular flexibility index (Phi) is 7.07. The van der Waals surface area contributed by atoms with Crippen LogP contribution in [0.4, 0.5) is 0 Å². The lowest BCUT2D eigenvalue weighted by Gasteiger charge is -2.33. The van der Waals surface area contributed by atoms with Crippen LogP contribution in [-0.2, 0) is 16.0 Å². The summed E-state index contributed by atoms with van der Waals surface area (Å²) in [4.78, 5) is 25.1. The van der Waals surface area contributed by atoms with Crippen molar-refractivity contribution < 1.29 is 9.59 Å². The molecule has 1 aliphatic heterocycles. The molecule has 2 rings (SSSR count). The first-order valence-electron chi connectivity index (χ1n) is 8.43. The van der Waals surface area contributed by atoms with E-state index in [0.717, 1.165) is 38.9 Å². The summed E-state index contributed by atoms with van der Waals surface area (Å²) in [6.45, 7) is 4.92. The molecule has 0 spiro atoms. The molecule has 0 unspecified atom stereocenters. The predicted molar refractivity (Wildman–Crippen MR) is 91.1 cm³/mol. The molecule has 1 fully saturated rings. The van der Waals surface area contributed by atoms with Gasteiger partial charge in [-0.05, 0) is 31.4 Å². The van der Waals surface area contributed by atoms with Crippen molar-refractivity contribution in [1.29, 1.82) is 0 Å². The molecule has 1 aliphatic rings. The van der Waals surface area contributed by atoms with Crippen LogP contribution in [0.3, 0.4) is 0 Å². The number of benzene rings is 1. The van der Waals surface area contributed by atoms with Crippen LogP contribution in [0.5, 0.6) is 0 Å². The Morgan fingerprint density at radius 2 is 2.04 bits per heavy atom. The molecular formula is C18H27N3O2. The summed E-state index contributed by atoms with van der Waals surface area (Å²) < 4.78 is 0. The Hall–Kier alpha value is -1.88. The van der Waals surface area contributed by atoms with Crippen molar-refractivity contribution in [3.63, 3.8) is 0 Å². The zero-order valence-corrected chi connectivity index (χ0v) is 13.9. The Labute approximate surface area is 138 Å². The largest absolute Gasteiger partial charge is 0.356 e. The second-order valence-corrected chi connectivity index (χ2v) is 6.18. The lowest BCUT2D eigenvalue weighted by molar-refractivity contribution is -0.122. The molecule has 126 valence electrons. The summed E-state index contributed by atoms with van der Waals surface area (Å²) in [5, 5.41) is 5.74. The molecule has 1 atom stereocenters. The van der Waals surface area contributed by atoms with Gasteiger partial charge in [0.25, 0.3) is 0 Å². The van der Waals surface area contributed by atoms with Crippen molar-refractivity contribution >= 4 is 11.8 Å². The SMILES string of the molecule is CC(=O)NCCC(=O)N[C@@H]1CCCN(CCc2ccccc2)C1. The quantitative estimate of drug-likeness (QED) is 0.798.